The molecule has 6 nitrogen and oxygen atoms in total. The van der Waals surface area contributed by atoms with Crippen molar-refractivity contribution in [3.8, 4) is 0 Å². The van der Waals surface area contributed by atoms with Crippen molar-refractivity contribution < 1.29 is 4.79 Å². The number of carbonyl (C=O) groups is 1. The Bertz CT molecular complexity index is 1170. The van der Waals surface area contributed by atoms with Gasteiger partial charge in [-0.05, 0) is 55.0 Å². The van der Waals surface area contributed by atoms with E-state index in [4.69, 9.17) is 0 Å². The summed E-state index contributed by atoms with van der Waals surface area (Å²) in [5, 5.41) is 0. The average molecular weight is 414 g/mol. The molecule has 1 saturated heterocycles. The lowest BCUT2D eigenvalue weighted by molar-refractivity contribution is -0.122. The second-order valence-corrected chi connectivity index (χ2v) is 8.13. The minimum atomic E-state index is -0.0426. The van der Waals surface area contributed by atoms with Gasteiger partial charge in [0.15, 0.2) is 0 Å². The number of fused-ring (bicyclic) bond motifs is 2. The third kappa shape index (κ3) is 3.86. The molecule has 1 amide bonds. The van der Waals surface area contributed by atoms with Crippen LogP contribution in [0.3, 0.4) is 0 Å². The number of piperazine rings is 1. The van der Waals surface area contributed by atoms with E-state index in [-0.39, 0.29) is 5.91 Å². The first kappa shape index (κ1) is 19.6. The Morgan fingerprint density at radius 3 is 2.68 bits per heavy atom. The molecule has 2 aromatic heterocycles. The predicted molar refractivity (Wildman–Crippen MR) is 123 cm³/mol. The van der Waals surface area contributed by atoms with Crippen LogP contribution in [0, 0.1) is 6.92 Å². The fourth-order valence-corrected chi connectivity index (χ4v) is 4.31. The first-order chi connectivity index (χ1) is 15.1. The highest BCUT2D eigenvalue weighted by Gasteiger charge is 2.23. The fourth-order valence-electron chi connectivity index (χ4n) is 4.31. The van der Waals surface area contributed by atoms with Crippen LogP contribution in [-0.2, 0) is 4.79 Å². The van der Waals surface area contributed by atoms with Crippen molar-refractivity contribution in [1.82, 2.24) is 24.1 Å². The summed E-state index contributed by atoms with van der Waals surface area (Å²) >= 11 is 0. The van der Waals surface area contributed by atoms with Gasteiger partial charge in [0.25, 0.3) is 5.91 Å². The van der Waals surface area contributed by atoms with Gasteiger partial charge in [-0.3, -0.25) is 9.69 Å². The fraction of sp³-hybridized carbons (Fsp3) is 0.280. The van der Waals surface area contributed by atoms with Gasteiger partial charge in [-0.1, -0.05) is 19.1 Å². The molecule has 0 radical (unpaired) electrons. The molecule has 0 spiro atoms. The van der Waals surface area contributed by atoms with Crippen LogP contribution in [0.25, 0.3) is 11.2 Å². The number of pyridine rings is 1. The number of aryl methyl sites for hydroxylation is 1. The zero-order valence-corrected chi connectivity index (χ0v) is 18.0. The number of hydrogen-bond donors (Lipinski definition) is 0. The zero-order chi connectivity index (χ0) is 21.4. The smallest absolute Gasteiger partial charge is 0.255 e. The van der Waals surface area contributed by atoms with Gasteiger partial charge in [0, 0.05) is 56.5 Å². The van der Waals surface area contributed by atoms with E-state index in [9.17, 15) is 4.79 Å². The van der Waals surface area contributed by atoms with E-state index >= 15 is 0 Å². The molecular formula is C25H27N5O. The highest BCUT2D eigenvalue weighted by molar-refractivity contribution is 6.00. The molecule has 0 atom stereocenters. The van der Waals surface area contributed by atoms with Crippen molar-refractivity contribution in [2.24, 2.45) is 0 Å². The molecule has 2 aromatic rings. The van der Waals surface area contributed by atoms with Crippen LogP contribution in [0.4, 0.5) is 0 Å². The predicted octanol–water partition coefficient (Wildman–Crippen LogP) is 3.36. The Balaban J connectivity index is 1.43. The minimum Gasteiger partial charge on any atom is -0.368 e. The Kier molecular flexibility index (Phi) is 5.08. The number of amides is 1. The molecule has 0 aliphatic carbocycles. The van der Waals surface area contributed by atoms with Crippen LogP contribution in [0.15, 0.2) is 78.6 Å². The normalized spacial score (nSPS) is 22.4. The average Bonchev–Trinajstić information content (AvgIpc) is 3.16. The topological polar surface area (TPSA) is 44.1 Å². The minimum absolute atomic E-state index is 0.0426. The highest BCUT2D eigenvalue weighted by atomic mass is 16.2. The molecule has 3 aliphatic heterocycles. The number of rotatable bonds is 3. The monoisotopic (exact) mass is 413 g/mol. The van der Waals surface area contributed by atoms with E-state index in [0.29, 0.717) is 0 Å². The standard InChI is InChI=1S/C25H27N5O/c1-3-27-11-13-28(14-12-27)23-8-7-22-6-4-5-20(16-25(31)30(22)18-23)21-9-10-29-17-19(2)26-24(29)15-21/h4-10,15-18H,3,11-14H2,1-2H3/b5-4+,20-16+,22-6?. The number of carbonyl (C=O) groups excluding carboxylic acids is 1. The van der Waals surface area contributed by atoms with Crippen molar-refractivity contribution in [2.45, 2.75) is 13.8 Å². The van der Waals surface area contributed by atoms with E-state index in [2.05, 4.69) is 27.8 Å². The maximum atomic E-state index is 13.2. The summed E-state index contributed by atoms with van der Waals surface area (Å²) in [6.07, 6.45) is 17.8. The van der Waals surface area contributed by atoms with Crippen LogP contribution >= 0.6 is 0 Å². The zero-order valence-electron chi connectivity index (χ0n) is 18.0. The molecule has 5 heterocycles. The number of aromatic nitrogens is 2. The van der Waals surface area contributed by atoms with Gasteiger partial charge in [-0.2, -0.15) is 0 Å². The summed E-state index contributed by atoms with van der Waals surface area (Å²) in [7, 11) is 0. The Morgan fingerprint density at radius 2 is 1.87 bits per heavy atom. The SMILES string of the molecule is CCN1CCN(C2=CN3C(=O)/C=C(c4ccn5cc(C)nc5c4)\C=C\C=C3C=C2)CC1. The first-order valence-corrected chi connectivity index (χ1v) is 10.9. The molecule has 0 bridgehead atoms. The van der Waals surface area contributed by atoms with Crippen LogP contribution in [0.5, 0.6) is 0 Å². The lowest BCUT2D eigenvalue weighted by Crippen LogP contribution is -2.46. The lowest BCUT2D eigenvalue weighted by atomic mass is 10.0. The van der Waals surface area contributed by atoms with Gasteiger partial charge in [0.1, 0.15) is 5.65 Å². The maximum Gasteiger partial charge on any atom is 0.255 e. The summed E-state index contributed by atoms with van der Waals surface area (Å²) in [6.45, 7) is 9.35. The van der Waals surface area contributed by atoms with Gasteiger partial charge >= 0.3 is 0 Å². The summed E-state index contributed by atoms with van der Waals surface area (Å²) in [5.74, 6) is -0.0426. The molecular weight excluding hydrogens is 386 g/mol. The molecule has 0 aromatic carbocycles. The van der Waals surface area contributed by atoms with E-state index < -0.39 is 0 Å². The van der Waals surface area contributed by atoms with Crippen LogP contribution in [0.2, 0.25) is 0 Å². The molecule has 6 heteroatoms. The largest absolute Gasteiger partial charge is 0.368 e. The number of hydrogen-bond acceptors (Lipinski definition) is 4. The third-order valence-electron chi connectivity index (χ3n) is 6.12. The molecule has 5 rings (SSSR count). The maximum absolute atomic E-state index is 13.2. The van der Waals surface area contributed by atoms with E-state index in [1.165, 1.54) is 0 Å². The van der Waals surface area contributed by atoms with E-state index in [1.807, 2.05) is 66.4 Å². The quantitative estimate of drug-likeness (QED) is 0.774. The van der Waals surface area contributed by atoms with E-state index in [0.717, 1.165) is 66.6 Å². The Hall–Kier alpha value is -3.38. The lowest BCUT2D eigenvalue weighted by Gasteiger charge is -2.37. The molecule has 1 fully saturated rings. The summed E-state index contributed by atoms with van der Waals surface area (Å²) in [6, 6.07) is 4.04. The van der Waals surface area contributed by atoms with Crippen molar-refractivity contribution in [3.05, 3.63) is 89.8 Å². The number of likely N-dealkylation sites (N-methyl/N-ethyl adjacent to an activating group) is 1. The second-order valence-electron chi connectivity index (χ2n) is 8.13. The van der Waals surface area contributed by atoms with Crippen molar-refractivity contribution in [2.75, 3.05) is 32.7 Å². The van der Waals surface area contributed by atoms with Crippen LogP contribution in [0.1, 0.15) is 18.2 Å². The Morgan fingerprint density at radius 1 is 1.06 bits per heavy atom. The van der Waals surface area contributed by atoms with Crippen LogP contribution < -0.4 is 0 Å². The van der Waals surface area contributed by atoms with Gasteiger partial charge in [-0.25, -0.2) is 4.98 Å². The molecule has 0 saturated carbocycles. The van der Waals surface area contributed by atoms with Crippen molar-refractivity contribution in [1.29, 1.82) is 0 Å². The summed E-state index contributed by atoms with van der Waals surface area (Å²) in [5.41, 5.74) is 5.68. The molecule has 158 valence electrons. The highest BCUT2D eigenvalue weighted by Crippen LogP contribution is 2.26. The van der Waals surface area contributed by atoms with Gasteiger partial charge in [-0.15, -0.1) is 0 Å². The summed E-state index contributed by atoms with van der Waals surface area (Å²) in [4.78, 5) is 24.3. The summed E-state index contributed by atoms with van der Waals surface area (Å²) < 4.78 is 1.99. The third-order valence-corrected chi connectivity index (χ3v) is 6.12. The van der Waals surface area contributed by atoms with Gasteiger partial charge < -0.3 is 14.2 Å². The Labute approximate surface area is 182 Å². The van der Waals surface area contributed by atoms with Crippen molar-refractivity contribution in [3.63, 3.8) is 0 Å². The second kappa shape index (κ2) is 8.04. The van der Waals surface area contributed by atoms with E-state index in [1.54, 1.807) is 11.0 Å². The van der Waals surface area contributed by atoms with Gasteiger partial charge in [0.2, 0.25) is 0 Å². The molecule has 31 heavy (non-hydrogen) atoms. The number of allylic oxidation sites excluding steroid dienone is 6. The molecule has 0 N–H and O–H groups in total. The number of nitrogens with zero attached hydrogens (tertiary/aromatic N) is 5. The van der Waals surface area contributed by atoms with Crippen molar-refractivity contribution >= 4 is 17.1 Å². The first-order valence-electron chi connectivity index (χ1n) is 10.9. The van der Waals surface area contributed by atoms with Crippen LogP contribution in [-0.4, -0.2) is 62.7 Å². The molecule has 0 unspecified atom stereocenters. The van der Waals surface area contributed by atoms with Gasteiger partial charge in [0.05, 0.1) is 11.4 Å². The molecule has 3 aliphatic rings. The number of imidazole rings is 1.